The van der Waals surface area contributed by atoms with Crippen molar-refractivity contribution in [1.82, 2.24) is 9.97 Å². The number of rotatable bonds is 5. The molecule has 2 N–H and O–H groups in total. The van der Waals surface area contributed by atoms with Crippen molar-refractivity contribution in [3.05, 3.63) is 40.0 Å². The number of thioether (sulfide) groups is 1. The zero-order valence-corrected chi connectivity index (χ0v) is 16.4. The highest BCUT2D eigenvalue weighted by Gasteiger charge is 2.20. The lowest BCUT2D eigenvalue weighted by molar-refractivity contribution is 0.102. The third-order valence-corrected chi connectivity index (χ3v) is 6.66. The van der Waals surface area contributed by atoms with E-state index in [1.807, 2.05) is 0 Å². The summed E-state index contributed by atoms with van der Waals surface area (Å²) in [5.41, 5.74) is 7.77. The summed E-state index contributed by atoms with van der Waals surface area (Å²) in [6.45, 7) is 0. The van der Waals surface area contributed by atoms with Gasteiger partial charge in [0.15, 0.2) is 22.5 Å². The van der Waals surface area contributed by atoms with Crippen LogP contribution in [0.2, 0.25) is 0 Å². The van der Waals surface area contributed by atoms with E-state index in [1.165, 1.54) is 54.3 Å². The van der Waals surface area contributed by atoms with Gasteiger partial charge in [0.25, 0.3) is 0 Å². The number of methoxy groups -OCH3 is 1. The molecule has 0 saturated carbocycles. The van der Waals surface area contributed by atoms with E-state index in [0.717, 1.165) is 23.1 Å². The van der Waals surface area contributed by atoms with E-state index < -0.39 is 5.82 Å². The second-order valence-corrected chi connectivity index (χ2v) is 8.37. The van der Waals surface area contributed by atoms with E-state index in [9.17, 15) is 9.18 Å². The third-order valence-electron chi connectivity index (χ3n) is 4.63. The molecule has 2 aromatic heterocycles. The second kappa shape index (κ2) is 7.44. The Balaban J connectivity index is 1.53. The monoisotopic (exact) mass is 403 g/mol. The molecule has 1 aliphatic carbocycles. The van der Waals surface area contributed by atoms with Gasteiger partial charge in [-0.25, -0.2) is 14.4 Å². The number of anilines is 1. The number of aryl methyl sites for hydroxylation is 2. The molecule has 3 aromatic rings. The average Bonchev–Trinajstić information content (AvgIpc) is 3.04. The molecule has 0 unspecified atom stereocenters. The van der Waals surface area contributed by atoms with Crippen molar-refractivity contribution >= 4 is 44.9 Å². The van der Waals surface area contributed by atoms with Crippen molar-refractivity contribution in [1.29, 1.82) is 0 Å². The quantitative estimate of drug-likeness (QED) is 0.389. The van der Waals surface area contributed by atoms with Crippen LogP contribution in [0.15, 0.2) is 23.4 Å². The Morgan fingerprint density at radius 3 is 2.93 bits per heavy atom. The Kier molecular flexibility index (Phi) is 5.01. The fourth-order valence-corrected chi connectivity index (χ4v) is 5.36. The van der Waals surface area contributed by atoms with Crippen LogP contribution in [0.1, 0.15) is 33.6 Å². The molecule has 0 fully saturated rings. The maximum Gasteiger partial charge on any atom is 0.191 e. The molecule has 0 spiro atoms. The van der Waals surface area contributed by atoms with Crippen LogP contribution in [0, 0.1) is 5.82 Å². The smallest absolute Gasteiger partial charge is 0.191 e. The molecule has 4 rings (SSSR count). The number of hydrogen-bond acceptors (Lipinski definition) is 7. The SMILES string of the molecule is COc1ccc(C(=O)CSc2nc(N)c3c4c(sc3n2)CCCC4)cc1F. The van der Waals surface area contributed by atoms with E-state index in [2.05, 4.69) is 9.97 Å². The summed E-state index contributed by atoms with van der Waals surface area (Å²) >= 11 is 2.89. The first-order chi connectivity index (χ1) is 13.1. The number of Topliss-reactive ketones (excluding diaryl/α,β-unsaturated/α-hetero) is 1. The predicted octanol–water partition coefficient (Wildman–Crippen LogP) is 4.28. The molecule has 0 amide bonds. The van der Waals surface area contributed by atoms with Gasteiger partial charge < -0.3 is 10.5 Å². The Morgan fingerprint density at radius 2 is 2.15 bits per heavy atom. The minimum Gasteiger partial charge on any atom is -0.494 e. The number of carbonyl (C=O) groups is 1. The molecule has 2 heterocycles. The molecule has 0 saturated heterocycles. The predicted molar refractivity (Wildman–Crippen MR) is 106 cm³/mol. The van der Waals surface area contributed by atoms with E-state index in [0.29, 0.717) is 16.5 Å². The summed E-state index contributed by atoms with van der Waals surface area (Å²) in [6, 6.07) is 4.19. The van der Waals surface area contributed by atoms with Gasteiger partial charge >= 0.3 is 0 Å². The summed E-state index contributed by atoms with van der Waals surface area (Å²) in [5, 5.41) is 1.45. The summed E-state index contributed by atoms with van der Waals surface area (Å²) in [4.78, 5) is 23.6. The van der Waals surface area contributed by atoms with Crippen LogP contribution in [0.4, 0.5) is 10.2 Å². The number of thiophene rings is 1. The molecule has 0 aliphatic heterocycles. The van der Waals surface area contributed by atoms with Crippen molar-refractivity contribution in [3.63, 3.8) is 0 Å². The van der Waals surface area contributed by atoms with Gasteiger partial charge in [-0.15, -0.1) is 11.3 Å². The highest BCUT2D eigenvalue weighted by atomic mass is 32.2. The summed E-state index contributed by atoms with van der Waals surface area (Å²) in [5.74, 6) is -0.0528. The summed E-state index contributed by atoms with van der Waals surface area (Å²) < 4.78 is 18.7. The minimum absolute atomic E-state index is 0.113. The number of benzene rings is 1. The largest absolute Gasteiger partial charge is 0.494 e. The van der Waals surface area contributed by atoms with Gasteiger partial charge in [-0.05, 0) is 49.4 Å². The van der Waals surface area contributed by atoms with Crippen LogP contribution in [-0.2, 0) is 12.8 Å². The molecule has 1 aliphatic rings. The van der Waals surface area contributed by atoms with Crippen LogP contribution >= 0.6 is 23.1 Å². The summed E-state index contributed by atoms with van der Waals surface area (Å²) in [7, 11) is 1.38. The van der Waals surface area contributed by atoms with Gasteiger partial charge in [0.05, 0.1) is 18.2 Å². The summed E-state index contributed by atoms with van der Waals surface area (Å²) in [6.07, 6.45) is 4.46. The Hall–Kier alpha value is -2.19. The number of nitrogens with two attached hydrogens (primary N) is 1. The van der Waals surface area contributed by atoms with Crippen molar-refractivity contribution in [2.24, 2.45) is 0 Å². The number of nitrogen functional groups attached to an aromatic ring is 1. The van der Waals surface area contributed by atoms with Gasteiger partial charge in [0.2, 0.25) is 0 Å². The second-order valence-electron chi connectivity index (χ2n) is 6.34. The molecule has 1 aromatic carbocycles. The maximum absolute atomic E-state index is 13.8. The standard InChI is InChI=1S/C19H18FN3O2S2/c1-25-14-7-6-10(8-12(14)20)13(24)9-26-19-22-17(21)16-11-4-2-3-5-15(11)27-18(16)23-19/h6-8H,2-5,9H2,1H3,(H2,21,22,23). The molecule has 27 heavy (non-hydrogen) atoms. The fraction of sp³-hybridized carbons (Fsp3) is 0.316. The van der Waals surface area contributed by atoms with Crippen molar-refractivity contribution in [3.8, 4) is 5.75 Å². The number of carbonyl (C=O) groups excluding carboxylic acids is 1. The number of fused-ring (bicyclic) bond motifs is 3. The number of nitrogens with zero attached hydrogens (tertiary/aromatic N) is 2. The Morgan fingerprint density at radius 1 is 1.33 bits per heavy atom. The minimum atomic E-state index is -0.556. The molecule has 0 radical (unpaired) electrons. The number of ketones is 1. The first-order valence-electron chi connectivity index (χ1n) is 8.64. The van der Waals surface area contributed by atoms with Gasteiger partial charge in [-0.2, -0.15) is 0 Å². The van der Waals surface area contributed by atoms with E-state index in [1.54, 1.807) is 17.4 Å². The normalized spacial score (nSPS) is 13.6. The van der Waals surface area contributed by atoms with Crippen LogP contribution in [0.3, 0.4) is 0 Å². The number of halogens is 1. The van der Waals surface area contributed by atoms with Crippen LogP contribution in [-0.4, -0.2) is 28.6 Å². The molecule has 140 valence electrons. The van der Waals surface area contributed by atoms with Crippen LogP contribution in [0.25, 0.3) is 10.2 Å². The third kappa shape index (κ3) is 3.51. The van der Waals surface area contributed by atoms with Gasteiger partial charge in [0.1, 0.15) is 10.6 Å². The zero-order valence-electron chi connectivity index (χ0n) is 14.8. The van der Waals surface area contributed by atoms with Crippen molar-refractivity contribution in [2.75, 3.05) is 18.6 Å². The highest BCUT2D eigenvalue weighted by Crippen LogP contribution is 2.38. The lowest BCUT2D eigenvalue weighted by Crippen LogP contribution is -2.05. The van der Waals surface area contributed by atoms with E-state index in [-0.39, 0.29) is 17.3 Å². The maximum atomic E-state index is 13.8. The van der Waals surface area contributed by atoms with Crippen LogP contribution in [0.5, 0.6) is 5.75 Å². The zero-order chi connectivity index (χ0) is 19.0. The molecule has 5 nitrogen and oxygen atoms in total. The lowest BCUT2D eigenvalue weighted by atomic mass is 9.97. The molecular weight excluding hydrogens is 385 g/mol. The van der Waals surface area contributed by atoms with Gasteiger partial charge in [-0.3, -0.25) is 4.79 Å². The Bertz CT molecular complexity index is 1040. The molecule has 0 bridgehead atoms. The topological polar surface area (TPSA) is 78.1 Å². The van der Waals surface area contributed by atoms with Gasteiger partial charge in [0, 0.05) is 10.4 Å². The van der Waals surface area contributed by atoms with Gasteiger partial charge in [-0.1, -0.05) is 11.8 Å². The molecular formula is C19H18FN3O2S2. The highest BCUT2D eigenvalue weighted by molar-refractivity contribution is 7.99. The lowest BCUT2D eigenvalue weighted by Gasteiger charge is -2.10. The fourth-order valence-electron chi connectivity index (χ4n) is 3.28. The van der Waals surface area contributed by atoms with E-state index in [4.69, 9.17) is 10.5 Å². The molecule has 0 atom stereocenters. The Labute approximate surface area is 164 Å². The number of ether oxygens (including phenoxy) is 1. The first kappa shape index (κ1) is 18.2. The molecule has 8 heteroatoms. The van der Waals surface area contributed by atoms with Crippen LogP contribution < -0.4 is 10.5 Å². The first-order valence-corrected chi connectivity index (χ1v) is 10.4. The number of aromatic nitrogens is 2. The van der Waals surface area contributed by atoms with E-state index >= 15 is 0 Å². The number of hydrogen-bond donors (Lipinski definition) is 1. The average molecular weight is 404 g/mol. The van der Waals surface area contributed by atoms with Crippen molar-refractivity contribution in [2.45, 2.75) is 30.8 Å². The van der Waals surface area contributed by atoms with Crippen molar-refractivity contribution < 1.29 is 13.9 Å².